The molecule has 98 valence electrons. The van der Waals surface area contributed by atoms with Gasteiger partial charge in [-0.25, -0.2) is 4.98 Å². The molecule has 1 aromatic heterocycles. The van der Waals surface area contributed by atoms with Crippen molar-refractivity contribution >= 4 is 17.5 Å². The lowest BCUT2D eigenvalue weighted by Crippen LogP contribution is -2.37. The van der Waals surface area contributed by atoms with Crippen molar-refractivity contribution in [2.45, 2.75) is 44.5 Å². The molecule has 4 heteroatoms. The van der Waals surface area contributed by atoms with E-state index in [4.69, 9.17) is 11.6 Å². The van der Waals surface area contributed by atoms with Crippen LogP contribution < -0.4 is 0 Å². The Morgan fingerprint density at radius 1 is 1.61 bits per heavy atom. The fraction of sp³-hybridized carbons (Fsp3) is 0.571. The van der Waals surface area contributed by atoms with Gasteiger partial charge in [0.15, 0.2) is 0 Å². The second-order valence-electron chi connectivity index (χ2n) is 4.98. The van der Waals surface area contributed by atoms with Crippen LogP contribution >= 0.6 is 11.6 Å². The zero-order chi connectivity index (χ0) is 13.1. The molecule has 0 saturated carbocycles. The number of pyridine rings is 1. The number of carbonyl (C=O) groups is 1. The number of aryl methyl sites for hydroxylation is 1. The van der Waals surface area contributed by atoms with Crippen molar-refractivity contribution in [2.24, 2.45) is 0 Å². The Morgan fingerprint density at radius 2 is 2.39 bits per heavy atom. The molecule has 0 aliphatic carbocycles. The van der Waals surface area contributed by atoms with Crippen LogP contribution in [0.25, 0.3) is 0 Å². The maximum absolute atomic E-state index is 12.4. The third kappa shape index (κ3) is 3.02. The topological polar surface area (TPSA) is 33.2 Å². The molecular formula is C14H19ClN2O. The molecule has 3 nitrogen and oxygen atoms in total. The van der Waals surface area contributed by atoms with Gasteiger partial charge in [-0.1, -0.05) is 6.07 Å². The molecule has 1 fully saturated rings. The van der Waals surface area contributed by atoms with E-state index in [1.807, 2.05) is 30.9 Å². The Balaban J connectivity index is 2.12. The summed E-state index contributed by atoms with van der Waals surface area (Å²) in [6.45, 7) is 4.70. The Hall–Kier alpha value is -1.09. The first-order chi connectivity index (χ1) is 8.58. The lowest BCUT2D eigenvalue weighted by molar-refractivity contribution is 0.0724. The predicted molar refractivity (Wildman–Crippen MR) is 73.0 cm³/mol. The van der Waals surface area contributed by atoms with Crippen LogP contribution in [-0.4, -0.2) is 33.8 Å². The molecule has 1 saturated heterocycles. The summed E-state index contributed by atoms with van der Waals surface area (Å²) in [5.41, 5.74) is 1.42. The second kappa shape index (κ2) is 5.70. The van der Waals surface area contributed by atoms with Crippen molar-refractivity contribution in [3.8, 4) is 0 Å². The third-order valence-electron chi connectivity index (χ3n) is 3.34. The summed E-state index contributed by atoms with van der Waals surface area (Å²) < 4.78 is 0. The van der Waals surface area contributed by atoms with Gasteiger partial charge < -0.3 is 4.90 Å². The Labute approximate surface area is 113 Å². The number of amides is 1. The standard InChI is InChI=1S/C14H19ClN2O/c1-10(15)9-12-6-4-8-17(12)14(18)13-7-3-5-11(2)16-13/h3,5,7,10,12H,4,6,8-9H2,1-2H3. The molecule has 0 aromatic carbocycles. The molecule has 1 amide bonds. The van der Waals surface area contributed by atoms with Crippen LogP contribution in [0.1, 0.15) is 42.4 Å². The number of aromatic nitrogens is 1. The highest BCUT2D eigenvalue weighted by Crippen LogP contribution is 2.24. The van der Waals surface area contributed by atoms with E-state index in [1.165, 1.54) is 0 Å². The van der Waals surface area contributed by atoms with Crippen molar-refractivity contribution in [1.82, 2.24) is 9.88 Å². The summed E-state index contributed by atoms with van der Waals surface area (Å²) >= 11 is 6.05. The minimum atomic E-state index is 0.0403. The molecule has 18 heavy (non-hydrogen) atoms. The van der Waals surface area contributed by atoms with Crippen LogP contribution in [0.4, 0.5) is 0 Å². The smallest absolute Gasteiger partial charge is 0.272 e. The van der Waals surface area contributed by atoms with Crippen molar-refractivity contribution in [3.63, 3.8) is 0 Å². The van der Waals surface area contributed by atoms with Crippen LogP contribution in [0.3, 0.4) is 0 Å². The number of rotatable bonds is 3. The fourth-order valence-corrected chi connectivity index (χ4v) is 2.74. The quantitative estimate of drug-likeness (QED) is 0.788. The number of carbonyl (C=O) groups excluding carboxylic acids is 1. The normalized spacial score (nSPS) is 21.1. The second-order valence-corrected chi connectivity index (χ2v) is 5.72. The maximum atomic E-state index is 12.4. The summed E-state index contributed by atoms with van der Waals surface area (Å²) in [5, 5.41) is 0.105. The van der Waals surface area contributed by atoms with Crippen molar-refractivity contribution in [2.75, 3.05) is 6.54 Å². The molecule has 2 unspecified atom stereocenters. The number of hydrogen-bond donors (Lipinski definition) is 0. The highest BCUT2D eigenvalue weighted by Gasteiger charge is 2.30. The fourth-order valence-electron chi connectivity index (χ4n) is 2.53. The van der Waals surface area contributed by atoms with E-state index < -0.39 is 0 Å². The Kier molecular flexibility index (Phi) is 4.23. The molecule has 0 spiro atoms. The molecule has 2 heterocycles. The molecule has 1 aliphatic rings. The number of likely N-dealkylation sites (tertiary alicyclic amines) is 1. The highest BCUT2D eigenvalue weighted by molar-refractivity contribution is 6.20. The van der Waals surface area contributed by atoms with E-state index in [0.717, 1.165) is 31.5 Å². The van der Waals surface area contributed by atoms with Gasteiger partial charge in [0.25, 0.3) is 5.91 Å². The summed E-state index contributed by atoms with van der Waals surface area (Å²) in [7, 11) is 0. The zero-order valence-corrected chi connectivity index (χ0v) is 11.7. The number of hydrogen-bond acceptors (Lipinski definition) is 2. The average Bonchev–Trinajstić information content (AvgIpc) is 2.75. The van der Waals surface area contributed by atoms with Crippen LogP contribution in [0, 0.1) is 6.92 Å². The van der Waals surface area contributed by atoms with E-state index in [0.29, 0.717) is 5.69 Å². The van der Waals surface area contributed by atoms with E-state index in [9.17, 15) is 4.79 Å². The van der Waals surface area contributed by atoms with Crippen molar-refractivity contribution in [3.05, 3.63) is 29.6 Å². The van der Waals surface area contributed by atoms with Crippen LogP contribution in [0.2, 0.25) is 0 Å². The summed E-state index contributed by atoms with van der Waals surface area (Å²) in [5.74, 6) is 0.0403. The third-order valence-corrected chi connectivity index (χ3v) is 3.52. The predicted octanol–water partition coefficient (Wildman–Crippen LogP) is 3.01. The van der Waals surface area contributed by atoms with Gasteiger partial charge in [-0.3, -0.25) is 4.79 Å². The molecular weight excluding hydrogens is 248 g/mol. The maximum Gasteiger partial charge on any atom is 0.272 e. The Morgan fingerprint density at radius 3 is 3.06 bits per heavy atom. The van der Waals surface area contributed by atoms with Gasteiger partial charge in [0, 0.05) is 23.7 Å². The van der Waals surface area contributed by atoms with Gasteiger partial charge >= 0.3 is 0 Å². The average molecular weight is 267 g/mol. The molecule has 0 radical (unpaired) electrons. The summed E-state index contributed by atoms with van der Waals surface area (Å²) in [4.78, 5) is 18.6. The number of nitrogens with zero attached hydrogens (tertiary/aromatic N) is 2. The minimum absolute atomic E-state index is 0.0403. The molecule has 0 N–H and O–H groups in total. The molecule has 2 atom stereocenters. The lowest BCUT2D eigenvalue weighted by atomic mass is 10.1. The van der Waals surface area contributed by atoms with E-state index >= 15 is 0 Å². The highest BCUT2D eigenvalue weighted by atomic mass is 35.5. The van der Waals surface area contributed by atoms with E-state index in [2.05, 4.69) is 4.98 Å². The van der Waals surface area contributed by atoms with Gasteiger partial charge in [0.05, 0.1) is 0 Å². The molecule has 1 aromatic rings. The molecule has 0 bridgehead atoms. The van der Waals surface area contributed by atoms with Gasteiger partial charge in [-0.15, -0.1) is 11.6 Å². The zero-order valence-electron chi connectivity index (χ0n) is 10.9. The van der Waals surface area contributed by atoms with Crippen LogP contribution in [0.5, 0.6) is 0 Å². The van der Waals surface area contributed by atoms with E-state index in [-0.39, 0.29) is 17.3 Å². The van der Waals surface area contributed by atoms with Crippen molar-refractivity contribution < 1.29 is 4.79 Å². The van der Waals surface area contributed by atoms with E-state index in [1.54, 1.807) is 6.07 Å². The van der Waals surface area contributed by atoms with Crippen LogP contribution in [0.15, 0.2) is 18.2 Å². The monoisotopic (exact) mass is 266 g/mol. The SMILES string of the molecule is Cc1cccc(C(=O)N2CCCC2CC(C)Cl)n1. The first kappa shape index (κ1) is 13.3. The van der Waals surface area contributed by atoms with Gasteiger partial charge in [-0.05, 0) is 45.2 Å². The number of halogens is 1. The largest absolute Gasteiger partial charge is 0.334 e. The minimum Gasteiger partial charge on any atom is -0.334 e. The molecule has 2 rings (SSSR count). The van der Waals surface area contributed by atoms with Gasteiger partial charge in [0.2, 0.25) is 0 Å². The Bertz CT molecular complexity index is 434. The van der Waals surface area contributed by atoms with Crippen LogP contribution in [-0.2, 0) is 0 Å². The first-order valence-electron chi connectivity index (χ1n) is 6.46. The lowest BCUT2D eigenvalue weighted by Gasteiger charge is -2.25. The number of alkyl halides is 1. The summed E-state index contributed by atoms with van der Waals surface area (Å²) in [6.07, 6.45) is 2.97. The van der Waals surface area contributed by atoms with Crippen molar-refractivity contribution in [1.29, 1.82) is 0 Å². The first-order valence-corrected chi connectivity index (χ1v) is 6.90. The van der Waals surface area contributed by atoms with Gasteiger partial charge in [0.1, 0.15) is 5.69 Å². The molecule has 1 aliphatic heterocycles. The summed E-state index contributed by atoms with van der Waals surface area (Å²) in [6, 6.07) is 5.84. The van der Waals surface area contributed by atoms with Gasteiger partial charge in [-0.2, -0.15) is 0 Å².